The summed E-state index contributed by atoms with van der Waals surface area (Å²) in [7, 11) is 0. The highest BCUT2D eigenvalue weighted by Crippen LogP contribution is 2.39. The van der Waals surface area contributed by atoms with Crippen molar-refractivity contribution in [3.8, 4) is 5.75 Å². The molecule has 2 aliphatic rings. The van der Waals surface area contributed by atoms with E-state index in [4.69, 9.17) is 4.74 Å². The number of hydrogen-bond acceptors (Lipinski definition) is 2. The van der Waals surface area contributed by atoms with E-state index in [1.807, 2.05) is 0 Å². The van der Waals surface area contributed by atoms with E-state index in [0.29, 0.717) is 6.10 Å². The lowest BCUT2D eigenvalue weighted by Crippen LogP contribution is -2.47. The Balaban J connectivity index is 1.46. The number of rotatable bonds is 4. The molecule has 2 fully saturated rings. The number of likely N-dealkylation sites (tertiary alicyclic amines) is 1. The maximum Gasteiger partial charge on any atom is 0.119 e. The van der Waals surface area contributed by atoms with Gasteiger partial charge < -0.3 is 4.74 Å². The number of nitrogens with zero attached hydrogens (tertiary/aromatic N) is 1. The first-order chi connectivity index (χ1) is 11.3. The highest BCUT2D eigenvalue weighted by atomic mass is 79.9. The summed E-state index contributed by atoms with van der Waals surface area (Å²) < 4.78 is 7.44. The van der Waals surface area contributed by atoms with Gasteiger partial charge in [-0.05, 0) is 55.0 Å². The molecular formula is C20H22BrNO. The van der Waals surface area contributed by atoms with Crippen LogP contribution in [0.25, 0.3) is 0 Å². The number of hydrogen-bond donors (Lipinski definition) is 0. The fourth-order valence-corrected chi connectivity index (χ4v) is 4.29. The second kappa shape index (κ2) is 6.66. The zero-order valence-corrected chi connectivity index (χ0v) is 14.8. The van der Waals surface area contributed by atoms with Crippen molar-refractivity contribution in [1.82, 2.24) is 4.90 Å². The summed E-state index contributed by atoms with van der Waals surface area (Å²) in [6.45, 7) is 2.08. The van der Waals surface area contributed by atoms with Gasteiger partial charge in [0.25, 0.3) is 0 Å². The van der Waals surface area contributed by atoms with Crippen LogP contribution in [0.4, 0.5) is 0 Å². The van der Waals surface area contributed by atoms with Crippen LogP contribution in [0.3, 0.4) is 0 Å². The summed E-state index contributed by atoms with van der Waals surface area (Å²) in [5.74, 6) is 1.71. The Labute approximate surface area is 146 Å². The Morgan fingerprint density at radius 2 is 1.78 bits per heavy atom. The highest BCUT2D eigenvalue weighted by molar-refractivity contribution is 9.10. The van der Waals surface area contributed by atoms with Crippen LogP contribution in [-0.2, 0) is 6.54 Å². The molecule has 23 heavy (non-hydrogen) atoms. The van der Waals surface area contributed by atoms with Crippen molar-refractivity contribution in [2.75, 3.05) is 6.54 Å². The first-order valence-corrected chi connectivity index (χ1v) is 9.27. The van der Waals surface area contributed by atoms with Gasteiger partial charge in [-0.1, -0.05) is 46.3 Å². The third kappa shape index (κ3) is 3.46. The summed E-state index contributed by atoms with van der Waals surface area (Å²) in [6.07, 6.45) is 4.22. The highest BCUT2D eigenvalue weighted by Gasteiger charge is 2.41. The van der Waals surface area contributed by atoms with Crippen molar-refractivity contribution in [2.45, 2.75) is 38.0 Å². The zero-order valence-electron chi connectivity index (χ0n) is 13.2. The Hall–Kier alpha value is -1.32. The molecule has 4 rings (SSSR count). The number of benzene rings is 2. The standard InChI is InChI=1S/C20H22BrNO/c21-17-7-10-19(11-8-17)23-20-14-22(18-9-6-16(20)12-18)13-15-4-2-1-3-5-15/h1-5,7-8,10-11,16,18,20H,6,9,12-14H2/t16-,18+,20-/m0/s1. The quantitative estimate of drug-likeness (QED) is 0.759. The third-order valence-corrected chi connectivity index (χ3v) is 5.76. The fraction of sp³-hybridized carbons (Fsp3) is 0.400. The van der Waals surface area contributed by atoms with Gasteiger partial charge in [-0.15, -0.1) is 0 Å². The van der Waals surface area contributed by atoms with E-state index in [0.717, 1.165) is 35.3 Å². The molecule has 1 saturated carbocycles. The van der Waals surface area contributed by atoms with Crippen molar-refractivity contribution in [3.05, 3.63) is 64.6 Å². The van der Waals surface area contributed by atoms with E-state index in [1.54, 1.807) is 0 Å². The minimum atomic E-state index is 0.318. The van der Waals surface area contributed by atoms with Gasteiger partial charge in [0.15, 0.2) is 0 Å². The van der Waals surface area contributed by atoms with Crippen LogP contribution in [0.5, 0.6) is 5.75 Å². The molecule has 120 valence electrons. The van der Waals surface area contributed by atoms with E-state index in [9.17, 15) is 0 Å². The maximum atomic E-state index is 6.35. The number of piperidine rings is 1. The molecule has 1 saturated heterocycles. The molecule has 2 aromatic carbocycles. The minimum absolute atomic E-state index is 0.318. The Morgan fingerprint density at radius 3 is 2.57 bits per heavy atom. The molecule has 0 N–H and O–H groups in total. The second-order valence-corrected chi connectivity index (χ2v) is 7.67. The van der Waals surface area contributed by atoms with E-state index in [1.165, 1.54) is 24.8 Å². The summed E-state index contributed by atoms with van der Waals surface area (Å²) in [6, 6.07) is 19.8. The summed E-state index contributed by atoms with van der Waals surface area (Å²) in [4.78, 5) is 2.63. The van der Waals surface area contributed by atoms with Crippen LogP contribution >= 0.6 is 15.9 Å². The molecule has 0 unspecified atom stereocenters. The molecule has 0 spiro atoms. The van der Waals surface area contributed by atoms with Crippen molar-refractivity contribution in [1.29, 1.82) is 0 Å². The van der Waals surface area contributed by atoms with Crippen LogP contribution in [0.2, 0.25) is 0 Å². The SMILES string of the molecule is Brc1ccc(O[C@H]2CN(Cc3ccccc3)[C@@H]3CC[C@H]2C3)cc1. The van der Waals surface area contributed by atoms with E-state index in [2.05, 4.69) is 75.4 Å². The van der Waals surface area contributed by atoms with Crippen molar-refractivity contribution >= 4 is 15.9 Å². The minimum Gasteiger partial charge on any atom is -0.489 e. The Morgan fingerprint density at radius 1 is 1.00 bits per heavy atom. The van der Waals surface area contributed by atoms with E-state index >= 15 is 0 Å². The lowest BCUT2D eigenvalue weighted by atomic mass is 9.95. The average molecular weight is 372 g/mol. The van der Waals surface area contributed by atoms with Crippen molar-refractivity contribution < 1.29 is 4.74 Å². The molecule has 3 heteroatoms. The zero-order chi connectivity index (χ0) is 15.6. The van der Waals surface area contributed by atoms with E-state index < -0.39 is 0 Å². The predicted molar refractivity (Wildman–Crippen MR) is 96.5 cm³/mol. The lowest BCUT2D eigenvalue weighted by Gasteiger charge is -2.38. The summed E-state index contributed by atoms with van der Waals surface area (Å²) in [5, 5.41) is 0. The first-order valence-electron chi connectivity index (χ1n) is 8.48. The summed E-state index contributed by atoms with van der Waals surface area (Å²) >= 11 is 3.49. The molecule has 0 aromatic heterocycles. The molecule has 2 aromatic rings. The van der Waals surface area contributed by atoms with Crippen LogP contribution in [-0.4, -0.2) is 23.6 Å². The normalized spacial score (nSPS) is 27.1. The van der Waals surface area contributed by atoms with Crippen LogP contribution < -0.4 is 4.74 Å². The molecule has 1 aliphatic heterocycles. The van der Waals surface area contributed by atoms with Crippen molar-refractivity contribution in [3.63, 3.8) is 0 Å². The van der Waals surface area contributed by atoms with E-state index in [-0.39, 0.29) is 0 Å². The van der Waals surface area contributed by atoms with Gasteiger partial charge in [0.1, 0.15) is 11.9 Å². The molecule has 2 bridgehead atoms. The fourth-order valence-electron chi connectivity index (χ4n) is 4.02. The molecule has 1 aliphatic carbocycles. The number of halogens is 1. The van der Waals surface area contributed by atoms with Gasteiger partial charge in [0, 0.05) is 23.6 Å². The molecule has 2 nitrogen and oxygen atoms in total. The van der Waals surface area contributed by atoms with Gasteiger partial charge in [0.05, 0.1) is 0 Å². The number of fused-ring (bicyclic) bond motifs is 2. The largest absolute Gasteiger partial charge is 0.489 e. The van der Waals surface area contributed by atoms with Gasteiger partial charge in [-0.3, -0.25) is 4.90 Å². The molecule has 0 radical (unpaired) electrons. The smallest absolute Gasteiger partial charge is 0.119 e. The van der Waals surface area contributed by atoms with Gasteiger partial charge in [0.2, 0.25) is 0 Å². The Bertz CT molecular complexity index is 642. The molecular weight excluding hydrogens is 350 g/mol. The molecule has 0 amide bonds. The molecule has 1 heterocycles. The van der Waals surface area contributed by atoms with Crippen molar-refractivity contribution in [2.24, 2.45) is 5.92 Å². The van der Waals surface area contributed by atoms with Crippen LogP contribution in [0.1, 0.15) is 24.8 Å². The van der Waals surface area contributed by atoms with Crippen LogP contribution in [0, 0.1) is 5.92 Å². The summed E-state index contributed by atoms with van der Waals surface area (Å²) in [5.41, 5.74) is 1.40. The number of ether oxygens (including phenoxy) is 1. The maximum absolute atomic E-state index is 6.35. The topological polar surface area (TPSA) is 12.5 Å². The van der Waals surface area contributed by atoms with Crippen LogP contribution in [0.15, 0.2) is 59.1 Å². The van der Waals surface area contributed by atoms with Gasteiger partial charge in [-0.25, -0.2) is 0 Å². The average Bonchev–Trinajstić information content (AvgIpc) is 3.00. The third-order valence-electron chi connectivity index (χ3n) is 5.23. The Kier molecular flexibility index (Phi) is 4.41. The first kappa shape index (κ1) is 15.2. The lowest BCUT2D eigenvalue weighted by molar-refractivity contribution is 0.0340. The van der Waals surface area contributed by atoms with Gasteiger partial charge >= 0.3 is 0 Å². The predicted octanol–water partition coefficient (Wildman–Crippen LogP) is 4.88. The molecule has 3 atom stereocenters. The second-order valence-electron chi connectivity index (χ2n) is 6.75. The van der Waals surface area contributed by atoms with Gasteiger partial charge in [-0.2, -0.15) is 0 Å². The monoisotopic (exact) mass is 371 g/mol.